The average molecular weight is 321 g/mol. The second-order valence-corrected chi connectivity index (χ2v) is 6.05. The summed E-state index contributed by atoms with van der Waals surface area (Å²) in [5.74, 6) is 1.54. The van der Waals surface area contributed by atoms with Crippen LogP contribution in [0.1, 0.15) is 6.92 Å². The number of hydrogen-bond donors (Lipinski definition) is 1. The Labute approximate surface area is 137 Å². The smallest absolute Gasteiger partial charge is 0.172 e. The molecule has 4 rings (SSSR count). The number of para-hydroxylation sites is 1. The van der Waals surface area contributed by atoms with E-state index in [0.29, 0.717) is 0 Å². The van der Waals surface area contributed by atoms with E-state index in [1.165, 1.54) is 0 Å². The summed E-state index contributed by atoms with van der Waals surface area (Å²) in [5, 5.41) is 10.7. The van der Waals surface area contributed by atoms with E-state index in [1.807, 2.05) is 58.9 Å². The Bertz CT molecular complexity index is 943. The van der Waals surface area contributed by atoms with Crippen molar-refractivity contribution in [1.29, 1.82) is 0 Å². The van der Waals surface area contributed by atoms with Crippen LogP contribution in [0, 0.1) is 0 Å². The molecule has 0 saturated carbocycles. The lowest BCUT2D eigenvalue weighted by Crippen LogP contribution is -1.98. The number of anilines is 2. The summed E-state index contributed by atoms with van der Waals surface area (Å²) in [5.41, 5.74) is 1.85. The number of thiophene rings is 1. The first kappa shape index (κ1) is 13.9. The zero-order valence-electron chi connectivity index (χ0n) is 12.6. The molecule has 0 aliphatic carbocycles. The van der Waals surface area contributed by atoms with Crippen LogP contribution in [-0.4, -0.2) is 19.7 Å². The number of aromatic nitrogens is 4. The van der Waals surface area contributed by atoms with E-state index in [1.54, 1.807) is 11.3 Å². The number of hydrogen-bond acceptors (Lipinski definition) is 5. The number of nitrogens with one attached hydrogen (secondary N) is 1. The van der Waals surface area contributed by atoms with Crippen molar-refractivity contribution < 1.29 is 0 Å². The normalized spacial score (nSPS) is 11.0. The first-order valence-electron chi connectivity index (χ1n) is 7.43. The summed E-state index contributed by atoms with van der Waals surface area (Å²) < 4.78 is 1.88. The van der Waals surface area contributed by atoms with Gasteiger partial charge in [-0.25, -0.2) is 9.97 Å². The first-order valence-corrected chi connectivity index (χ1v) is 8.31. The average Bonchev–Trinajstić information content (AvgIpc) is 3.26. The summed E-state index contributed by atoms with van der Waals surface area (Å²) in [7, 11) is 0. The Morgan fingerprint density at radius 2 is 2.04 bits per heavy atom. The Balaban J connectivity index is 1.83. The molecule has 0 fully saturated rings. The molecule has 1 N–H and O–H groups in total. The van der Waals surface area contributed by atoms with Gasteiger partial charge in [0.25, 0.3) is 0 Å². The van der Waals surface area contributed by atoms with Gasteiger partial charge in [-0.1, -0.05) is 18.2 Å². The summed E-state index contributed by atoms with van der Waals surface area (Å²) >= 11 is 1.64. The molecule has 0 saturated heterocycles. The van der Waals surface area contributed by atoms with Gasteiger partial charge in [-0.3, -0.25) is 4.68 Å². The van der Waals surface area contributed by atoms with Crippen LogP contribution in [0.4, 0.5) is 11.5 Å². The summed E-state index contributed by atoms with van der Waals surface area (Å²) in [4.78, 5) is 10.5. The molecule has 5 nitrogen and oxygen atoms in total. The molecule has 0 aliphatic heterocycles. The van der Waals surface area contributed by atoms with E-state index in [9.17, 15) is 0 Å². The van der Waals surface area contributed by atoms with E-state index in [0.717, 1.165) is 39.7 Å². The molecule has 4 aromatic rings. The topological polar surface area (TPSA) is 55.6 Å². The van der Waals surface area contributed by atoms with E-state index < -0.39 is 0 Å². The third kappa shape index (κ3) is 2.68. The molecule has 0 bridgehead atoms. The molecule has 0 atom stereocenters. The predicted octanol–water partition coefficient (Wildman–Crippen LogP) is 4.32. The van der Waals surface area contributed by atoms with E-state index >= 15 is 0 Å². The van der Waals surface area contributed by atoms with Crippen molar-refractivity contribution in [3.63, 3.8) is 0 Å². The van der Waals surface area contributed by atoms with E-state index in [-0.39, 0.29) is 0 Å². The standard InChI is InChI=1S/C17H15N5S/c1-2-22-11-12(10-18-22)19-16-13-6-3-4-7-14(13)20-17(21-16)15-8-5-9-23-15/h3-11H,2H2,1H3,(H,19,20,21). The van der Waals surface area contributed by atoms with Gasteiger partial charge < -0.3 is 5.32 Å². The highest BCUT2D eigenvalue weighted by molar-refractivity contribution is 7.13. The van der Waals surface area contributed by atoms with Crippen molar-refractivity contribution in [1.82, 2.24) is 19.7 Å². The fourth-order valence-corrected chi connectivity index (χ4v) is 3.08. The maximum atomic E-state index is 4.72. The number of fused-ring (bicyclic) bond motifs is 1. The molecular formula is C17H15N5S. The monoisotopic (exact) mass is 321 g/mol. The summed E-state index contributed by atoms with van der Waals surface area (Å²) in [6.45, 7) is 2.90. The van der Waals surface area contributed by atoms with Gasteiger partial charge in [0.1, 0.15) is 5.82 Å². The predicted molar refractivity (Wildman–Crippen MR) is 94.0 cm³/mol. The summed E-state index contributed by atoms with van der Waals surface area (Å²) in [6.07, 6.45) is 3.78. The number of benzene rings is 1. The molecule has 3 heterocycles. The lowest BCUT2D eigenvalue weighted by Gasteiger charge is -2.08. The minimum absolute atomic E-state index is 0.740. The van der Waals surface area contributed by atoms with Crippen LogP contribution in [0.25, 0.3) is 21.6 Å². The number of aryl methyl sites for hydroxylation is 1. The van der Waals surface area contributed by atoms with Crippen molar-refractivity contribution in [2.75, 3.05) is 5.32 Å². The zero-order chi connectivity index (χ0) is 15.6. The van der Waals surface area contributed by atoms with Gasteiger partial charge in [0.2, 0.25) is 0 Å². The number of nitrogens with zero attached hydrogens (tertiary/aromatic N) is 4. The van der Waals surface area contributed by atoms with Crippen LogP contribution in [0.2, 0.25) is 0 Å². The van der Waals surface area contributed by atoms with Crippen LogP contribution in [0.3, 0.4) is 0 Å². The Kier molecular flexibility index (Phi) is 3.51. The van der Waals surface area contributed by atoms with Crippen LogP contribution in [0.15, 0.2) is 54.2 Å². The van der Waals surface area contributed by atoms with Crippen LogP contribution in [0.5, 0.6) is 0 Å². The highest BCUT2D eigenvalue weighted by Gasteiger charge is 2.10. The molecule has 23 heavy (non-hydrogen) atoms. The fraction of sp³-hybridized carbons (Fsp3) is 0.118. The number of rotatable bonds is 4. The molecule has 3 aromatic heterocycles. The van der Waals surface area contributed by atoms with Gasteiger partial charge in [0.15, 0.2) is 5.82 Å². The van der Waals surface area contributed by atoms with Crippen molar-refractivity contribution in [2.45, 2.75) is 13.5 Å². The zero-order valence-corrected chi connectivity index (χ0v) is 13.4. The van der Waals surface area contributed by atoms with Crippen molar-refractivity contribution in [3.05, 3.63) is 54.2 Å². The minimum Gasteiger partial charge on any atom is -0.337 e. The SMILES string of the molecule is CCn1cc(Nc2nc(-c3cccs3)nc3ccccc23)cn1. The molecule has 0 spiro atoms. The highest BCUT2D eigenvalue weighted by Crippen LogP contribution is 2.28. The van der Waals surface area contributed by atoms with Gasteiger partial charge >= 0.3 is 0 Å². The Hall–Kier alpha value is -2.73. The van der Waals surface area contributed by atoms with Gasteiger partial charge in [0, 0.05) is 18.1 Å². The quantitative estimate of drug-likeness (QED) is 0.608. The van der Waals surface area contributed by atoms with Crippen LogP contribution >= 0.6 is 11.3 Å². The molecule has 6 heteroatoms. The van der Waals surface area contributed by atoms with Crippen molar-refractivity contribution in [3.8, 4) is 10.7 Å². The lowest BCUT2D eigenvalue weighted by molar-refractivity contribution is 0.660. The lowest BCUT2D eigenvalue weighted by atomic mass is 10.2. The third-order valence-corrected chi connectivity index (χ3v) is 4.43. The molecule has 0 amide bonds. The summed E-state index contributed by atoms with van der Waals surface area (Å²) in [6, 6.07) is 12.1. The van der Waals surface area contributed by atoms with Crippen molar-refractivity contribution >= 4 is 33.7 Å². The van der Waals surface area contributed by atoms with Gasteiger partial charge in [-0.15, -0.1) is 11.3 Å². The molecule has 0 radical (unpaired) electrons. The van der Waals surface area contributed by atoms with Crippen LogP contribution in [-0.2, 0) is 6.54 Å². The highest BCUT2D eigenvalue weighted by atomic mass is 32.1. The van der Waals surface area contributed by atoms with E-state index in [4.69, 9.17) is 4.98 Å². The largest absolute Gasteiger partial charge is 0.337 e. The van der Waals surface area contributed by atoms with E-state index in [2.05, 4.69) is 22.3 Å². The van der Waals surface area contributed by atoms with Crippen molar-refractivity contribution in [2.24, 2.45) is 0 Å². The molecule has 114 valence electrons. The van der Waals surface area contributed by atoms with Crippen LogP contribution < -0.4 is 5.32 Å². The second-order valence-electron chi connectivity index (χ2n) is 5.10. The van der Waals surface area contributed by atoms with Gasteiger partial charge in [-0.2, -0.15) is 5.10 Å². The third-order valence-electron chi connectivity index (χ3n) is 3.56. The second kappa shape index (κ2) is 5.81. The molecule has 0 aliphatic rings. The maximum Gasteiger partial charge on any atom is 0.172 e. The molecular weight excluding hydrogens is 306 g/mol. The molecule has 0 unspecified atom stereocenters. The van der Waals surface area contributed by atoms with Gasteiger partial charge in [0.05, 0.1) is 22.3 Å². The maximum absolute atomic E-state index is 4.72. The fourth-order valence-electron chi connectivity index (χ4n) is 2.43. The molecule has 1 aromatic carbocycles. The Morgan fingerprint density at radius 3 is 2.83 bits per heavy atom. The minimum atomic E-state index is 0.740. The van der Waals surface area contributed by atoms with Gasteiger partial charge in [-0.05, 0) is 30.5 Å². The Morgan fingerprint density at radius 1 is 1.13 bits per heavy atom. The first-order chi connectivity index (χ1) is 11.3.